The lowest BCUT2D eigenvalue weighted by Crippen LogP contribution is -2.45. The summed E-state index contributed by atoms with van der Waals surface area (Å²) in [5.41, 5.74) is 8.59. The highest BCUT2D eigenvalue weighted by molar-refractivity contribution is 7.89. The predicted molar refractivity (Wildman–Crippen MR) is 303 cm³/mol. The lowest BCUT2D eigenvalue weighted by molar-refractivity contribution is -0.129. The molecule has 6 N–H and O–H groups in total. The van der Waals surface area contributed by atoms with Crippen molar-refractivity contribution in [3.05, 3.63) is 190 Å². The number of sulfonamides is 1. The minimum absolute atomic E-state index is 0.0478. The van der Waals surface area contributed by atoms with Crippen molar-refractivity contribution in [3.8, 4) is 33.8 Å². The normalized spacial score (nSPS) is 18.3. The number of anilines is 3. The molecule has 0 bridgehead atoms. The molecule has 8 aromatic carbocycles. The number of unbranched alkanes of at least 4 members (excludes halogenated alkanes) is 2. The van der Waals surface area contributed by atoms with Crippen LogP contribution in [0.2, 0.25) is 0 Å². The van der Waals surface area contributed by atoms with Crippen LogP contribution >= 0.6 is 0 Å². The predicted octanol–water partition coefficient (Wildman–Crippen LogP) is 9.18. The summed E-state index contributed by atoms with van der Waals surface area (Å²) in [6.45, 7) is 1.96. The number of imide groups is 1. The van der Waals surface area contributed by atoms with Gasteiger partial charge < -0.3 is 30.5 Å². The van der Waals surface area contributed by atoms with Gasteiger partial charge in [-0.3, -0.25) is 29.2 Å². The van der Waals surface area contributed by atoms with Gasteiger partial charge in [0.15, 0.2) is 11.3 Å². The third-order valence-electron chi connectivity index (χ3n) is 15.5. The molecule has 15 nitrogen and oxygen atoms in total. The molecule has 16 heteroatoms. The fourth-order valence-corrected chi connectivity index (χ4v) is 12.7. The number of fused-ring (bicyclic) bond motifs is 10. The summed E-state index contributed by atoms with van der Waals surface area (Å²) in [5, 5.41) is 31.1. The molecule has 3 amide bonds. The largest absolute Gasteiger partial charge is 0.506 e. The number of hydrogen-bond donors (Lipinski definition) is 6. The van der Waals surface area contributed by atoms with Crippen molar-refractivity contribution in [3.63, 3.8) is 0 Å². The summed E-state index contributed by atoms with van der Waals surface area (Å²) in [4.78, 5) is 56.5. The number of rotatable bonds is 14. The van der Waals surface area contributed by atoms with Gasteiger partial charge >= 0.3 is 0 Å². The fraction of sp³-hybridized carbons (Fsp3) is 0.190. The number of ether oxygens (including phenoxy) is 2. The van der Waals surface area contributed by atoms with E-state index in [9.17, 15) is 27.9 Å². The standard InChI is InChI=1S/C63H52N6O9S/c1-35(70)64-52(71)21-7-9-31-77-38-25-29-42-40-15-3-5-17-46(40)62(48(42)33-38)65-50-19-11-13-36-23-27-44(58(67-62)54(36)50)56-60(73)57(61(56)74)45-28-24-37-14-12-20-51-55(37)59(45)68-63(66-51)47-18-6-4-16-41(47)43-30-26-39(34-49(43)63)78-32-10-8-22-53(72)69-79(2,75)76/h3-6,11-20,23-30,33-34,65-66,68,73H,7-10,21-22,31-32H2,1-2H3,(H,69,72)(H,64,70,71)/b56-44+. The van der Waals surface area contributed by atoms with Gasteiger partial charge in [0, 0.05) is 74.9 Å². The fourth-order valence-electron chi connectivity index (χ4n) is 12.2. The molecular weight excluding hydrogens is 1020 g/mol. The summed E-state index contributed by atoms with van der Waals surface area (Å²) in [6.07, 6.45) is 3.31. The van der Waals surface area contributed by atoms with E-state index < -0.39 is 27.3 Å². The van der Waals surface area contributed by atoms with Gasteiger partial charge in [-0.25, -0.2) is 13.4 Å². The zero-order valence-corrected chi connectivity index (χ0v) is 43.9. The Morgan fingerprint density at radius 1 is 0.595 bits per heavy atom. The van der Waals surface area contributed by atoms with E-state index in [1.807, 2.05) is 126 Å². The number of ketones is 1. The highest BCUT2D eigenvalue weighted by atomic mass is 32.2. The van der Waals surface area contributed by atoms with Crippen LogP contribution in [0.4, 0.5) is 17.1 Å². The van der Waals surface area contributed by atoms with Crippen LogP contribution in [0.15, 0.2) is 156 Å². The molecule has 394 valence electrons. The van der Waals surface area contributed by atoms with Crippen molar-refractivity contribution in [1.82, 2.24) is 10.0 Å². The molecule has 0 aromatic heterocycles. The molecule has 2 unspecified atom stereocenters. The van der Waals surface area contributed by atoms with Crippen molar-refractivity contribution >= 4 is 83.3 Å². The number of aliphatic hydroxyl groups is 1. The molecule has 13 rings (SSSR count). The van der Waals surface area contributed by atoms with Gasteiger partial charge in [-0.2, -0.15) is 0 Å². The second-order valence-corrected chi connectivity index (χ2v) is 22.4. The van der Waals surface area contributed by atoms with E-state index in [1.54, 1.807) is 0 Å². The van der Waals surface area contributed by atoms with E-state index >= 15 is 4.79 Å². The molecule has 2 aliphatic heterocycles. The summed E-state index contributed by atoms with van der Waals surface area (Å²) >= 11 is 0. The first-order valence-corrected chi connectivity index (χ1v) is 28.2. The first-order chi connectivity index (χ1) is 38.2. The number of benzene rings is 8. The van der Waals surface area contributed by atoms with Crippen LogP contribution < -0.4 is 46.0 Å². The number of aliphatic hydroxyl groups excluding tert-OH is 1. The zero-order chi connectivity index (χ0) is 54.4. The maximum atomic E-state index is 15.3. The SMILES string of the molecule is CC(=O)NC(=O)CCCCOc1ccc2c(c1)C1(N=c3/c(=C4/C(=O)C(c5ccc6cccc7c6c5NC5(N7)c6ccccc6-c6ccc(OCCCCC(=O)NS(C)(=O)=O)cc65)=C4O)ccc4cccc(c34)N1)c1ccccc1-2. The Hall–Kier alpha value is -9.28. The number of amides is 3. The van der Waals surface area contributed by atoms with Crippen LogP contribution in [0, 0.1) is 0 Å². The molecule has 2 atom stereocenters. The summed E-state index contributed by atoms with van der Waals surface area (Å²) < 4.78 is 37.6. The van der Waals surface area contributed by atoms with Crippen molar-refractivity contribution in [1.29, 1.82) is 0 Å². The van der Waals surface area contributed by atoms with Crippen LogP contribution in [-0.2, 0) is 40.5 Å². The Morgan fingerprint density at radius 3 is 1.86 bits per heavy atom. The molecule has 0 saturated heterocycles. The number of nitrogens with one attached hydrogen (secondary N) is 5. The van der Waals surface area contributed by atoms with E-state index in [1.165, 1.54) is 6.92 Å². The maximum absolute atomic E-state index is 15.3. The number of hydrogen-bond acceptors (Lipinski definition) is 13. The molecule has 79 heavy (non-hydrogen) atoms. The molecule has 3 aliphatic carbocycles. The van der Waals surface area contributed by atoms with E-state index in [2.05, 4.69) is 45.5 Å². The second kappa shape index (κ2) is 18.7. The molecule has 2 spiro atoms. The minimum Gasteiger partial charge on any atom is -0.506 e. The van der Waals surface area contributed by atoms with Gasteiger partial charge in [-0.05, 0) is 95.1 Å². The Kier molecular flexibility index (Phi) is 11.7. The Labute approximate surface area is 454 Å². The van der Waals surface area contributed by atoms with Crippen LogP contribution in [0.3, 0.4) is 0 Å². The Balaban J connectivity index is 0.888. The number of carbonyl (C=O) groups excluding carboxylic acids is 4. The topological polar surface area (TPSA) is 214 Å². The molecule has 8 aromatic rings. The van der Waals surface area contributed by atoms with E-state index in [0.29, 0.717) is 72.2 Å². The van der Waals surface area contributed by atoms with Crippen LogP contribution in [-0.4, -0.2) is 56.5 Å². The van der Waals surface area contributed by atoms with E-state index in [0.717, 1.165) is 83.7 Å². The smallest absolute Gasteiger partial charge is 0.233 e. The average Bonchev–Trinajstić information content (AvgIpc) is 4.12. The van der Waals surface area contributed by atoms with Gasteiger partial charge in [0.2, 0.25) is 33.5 Å². The van der Waals surface area contributed by atoms with E-state index in [-0.39, 0.29) is 47.3 Å². The number of allylic oxidation sites excluding steroid dienone is 2. The van der Waals surface area contributed by atoms with Crippen molar-refractivity contribution in [2.24, 2.45) is 4.99 Å². The van der Waals surface area contributed by atoms with Gasteiger partial charge in [0.25, 0.3) is 0 Å². The molecule has 0 fully saturated rings. The van der Waals surface area contributed by atoms with Crippen molar-refractivity contribution < 1.29 is 42.2 Å². The lowest BCUT2D eigenvalue weighted by atomic mass is 9.79. The summed E-state index contributed by atoms with van der Waals surface area (Å²) in [6, 6.07) is 47.9. The zero-order valence-electron chi connectivity index (χ0n) is 43.1. The molecule has 0 radical (unpaired) electrons. The first kappa shape index (κ1) is 49.3. The van der Waals surface area contributed by atoms with Gasteiger partial charge in [0.1, 0.15) is 17.3 Å². The van der Waals surface area contributed by atoms with Crippen LogP contribution in [0.25, 0.3) is 54.9 Å². The number of carbonyl (C=O) groups is 4. The lowest BCUT2D eigenvalue weighted by Gasteiger charge is -2.41. The third kappa shape index (κ3) is 8.15. The van der Waals surface area contributed by atoms with Gasteiger partial charge in [-0.15, -0.1) is 0 Å². The van der Waals surface area contributed by atoms with Gasteiger partial charge in [-0.1, -0.05) is 109 Å². The second-order valence-electron chi connectivity index (χ2n) is 20.7. The summed E-state index contributed by atoms with van der Waals surface area (Å²) in [5.74, 6) is -0.494. The third-order valence-corrected chi connectivity index (χ3v) is 16.1. The first-order valence-electron chi connectivity index (χ1n) is 26.3. The van der Waals surface area contributed by atoms with Crippen LogP contribution in [0.1, 0.15) is 73.3 Å². The average molecular weight is 1070 g/mol. The monoisotopic (exact) mass is 1070 g/mol. The molecular formula is C63H52N6O9S. The quantitative estimate of drug-likeness (QED) is 0.0563. The van der Waals surface area contributed by atoms with E-state index in [4.69, 9.17) is 14.5 Å². The molecule has 5 aliphatic rings. The Bertz CT molecular complexity index is 4310. The van der Waals surface area contributed by atoms with Crippen molar-refractivity contribution in [2.45, 2.75) is 56.8 Å². The molecule has 2 heterocycles. The summed E-state index contributed by atoms with van der Waals surface area (Å²) in [7, 11) is -3.64. The Morgan fingerprint density at radius 2 is 1.18 bits per heavy atom. The number of nitrogens with zero attached hydrogens (tertiary/aromatic N) is 1. The highest BCUT2D eigenvalue weighted by Crippen LogP contribution is 2.56. The number of Topliss-reactive ketones (excluding diaryl/α,β-unsaturated/α-hetero) is 1. The highest BCUT2D eigenvalue weighted by Gasteiger charge is 2.49. The molecule has 0 saturated carbocycles. The maximum Gasteiger partial charge on any atom is 0.233 e. The van der Waals surface area contributed by atoms with Crippen LogP contribution in [0.5, 0.6) is 11.5 Å². The van der Waals surface area contributed by atoms with Gasteiger partial charge in [0.05, 0.1) is 41.7 Å². The minimum atomic E-state index is -3.64. The van der Waals surface area contributed by atoms with Crippen molar-refractivity contribution in [2.75, 3.05) is 35.4 Å².